The van der Waals surface area contributed by atoms with Crippen LogP contribution in [0.2, 0.25) is 0 Å². The van der Waals surface area contributed by atoms with Crippen LogP contribution in [0.15, 0.2) is 24.3 Å². The van der Waals surface area contributed by atoms with Gasteiger partial charge in [0.2, 0.25) is 5.91 Å². The molecule has 1 unspecified atom stereocenters. The van der Waals surface area contributed by atoms with Gasteiger partial charge < -0.3 is 20.5 Å². The van der Waals surface area contributed by atoms with Crippen LogP contribution in [-0.4, -0.2) is 32.3 Å². The van der Waals surface area contributed by atoms with Crippen molar-refractivity contribution < 1.29 is 14.3 Å². The highest BCUT2D eigenvalue weighted by Crippen LogP contribution is 2.23. The highest BCUT2D eigenvalue weighted by molar-refractivity contribution is 5.85. The monoisotopic (exact) mass is 358 g/mol. The van der Waals surface area contributed by atoms with Crippen LogP contribution in [0.5, 0.6) is 5.75 Å². The van der Waals surface area contributed by atoms with Gasteiger partial charge in [0.15, 0.2) is 0 Å². The van der Waals surface area contributed by atoms with E-state index in [1.807, 2.05) is 38.1 Å². The second-order valence-corrected chi connectivity index (χ2v) is 6.70. The van der Waals surface area contributed by atoms with Gasteiger partial charge in [-0.05, 0) is 37.5 Å². The van der Waals surface area contributed by atoms with Crippen LogP contribution in [0.3, 0.4) is 0 Å². The van der Waals surface area contributed by atoms with Crippen molar-refractivity contribution in [3.05, 3.63) is 29.8 Å². The molecule has 1 amide bonds. The fourth-order valence-corrected chi connectivity index (χ4v) is 2.17. The van der Waals surface area contributed by atoms with Gasteiger partial charge in [-0.25, -0.2) is 0 Å². The van der Waals surface area contributed by atoms with Crippen LogP contribution in [0.25, 0.3) is 0 Å². The van der Waals surface area contributed by atoms with Gasteiger partial charge in [0.05, 0.1) is 24.7 Å². The summed E-state index contributed by atoms with van der Waals surface area (Å²) in [5.41, 5.74) is 6.10. The van der Waals surface area contributed by atoms with Gasteiger partial charge in [0.1, 0.15) is 5.75 Å². The summed E-state index contributed by atoms with van der Waals surface area (Å²) in [7, 11) is 1.56. The fourth-order valence-electron chi connectivity index (χ4n) is 2.17. The molecule has 0 fully saturated rings. The summed E-state index contributed by atoms with van der Waals surface area (Å²) >= 11 is 0. The van der Waals surface area contributed by atoms with E-state index in [0.29, 0.717) is 19.1 Å². The van der Waals surface area contributed by atoms with E-state index in [1.165, 1.54) is 0 Å². The Bertz CT molecular complexity index is 486. The van der Waals surface area contributed by atoms with Crippen molar-refractivity contribution in [1.29, 1.82) is 0 Å². The standard InChI is InChI=1S/C18H30N2O3.ClH/c1-13(2)12-23-15-8-6-14(7-9-15)18(3,4)20-17(21)10-16(11-19)22-5;/h6-9,13,16H,10-12,19H2,1-5H3,(H,20,21);1H. The molecule has 0 saturated heterocycles. The minimum absolute atomic E-state index is 0. The van der Waals surface area contributed by atoms with Crippen LogP contribution >= 0.6 is 12.4 Å². The maximum absolute atomic E-state index is 12.1. The number of carbonyl (C=O) groups excluding carboxylic acids is 1. The van der Waals surface area contributed by atoms with Crippen LogP contribution in [0.1, 0.15) is 39.7 Å². The number of nitrogens with one attached hydrogen (secondary N) is 1. The average molecular weight is 359 g/mol. The molecular weight excluding hydrogens is 328 g/mol. The molecule has 1 rings (SSSR count). The third-order valence-electron chi connectivity index (χ3n) is 3.62. The van der Waals surface area contributed by atoms with Crippen molar-refractivity contribution in [2.75, 3.05) is 20.3 Å². The summed E-state index contributed by atoms with van der Waals surface area (Å²) in [4.78, 5) is 12.1. The molecule has 1 aromatic rings. The zero-order valence-electron chi connectivity index (χ0n) is 15.3. The van der Waals surface area contributed by atoms with E-state index in [2.05, 4.69) is 19.2 Å². The molecule has 1 aromatic carbocycles. The van der Waals surface area contributed by atoms with Crippen molar-refractivity contribution in [2.45, 2.75) is 45.8 Å². The van der Waals surface area contributed by atoms with E-state index in [-0.39, 0.29) is 30.8 Å². The summed E-state index contributed by atoms with van der Waals surface area (Å²) in [5.74, 6) is 1.25. The first-order valence-corrected chi connectivity index (χ1v) is 8.05. The van der Waals surface area contributed by atoms with Gasteiger partial charge in [-0.2, -0.15) is 0 Å². The van der Waals surface area contributed by atoms with Crippen molar-refractivity contribution in [2.24, 2.45) is 11.7 Å². The van der Waals surface area contributed by atoms with Crippen LogP contribution in [-0.2, 0) is 15.1 Å². The van der Waals surface area contributed by atoms with Crippen molar-refractivity contribution in [3.63, 3.8) is 0 Å². The lowest BCUT2D eigenvalue weighted by Gasteiger charge is -2.28. The SMILES string of the molecule is COC(CN)CC(=O)NC(C)(C)c1ccc(OCC(C)C)cc1.Cl. The second kappa shape index (κ2) is 10.5. The number of rotatable bonds is 9. The predicted molar refractivity (Wildman–Crippen MR) is 99.7 cm³/mol. The molecule has 0 heterocycles. The quantitative estimate of drug-likeness (QED) is 0.711. The third kappa shape index (κ3) is 7.51. The lowest BCUT2D eigenvalue weighted by molar-refractivity contribution is -0.125. The lowest BCUT2D eigenvalue weighted by atomic mass is 9.94. The van der Waals surface area contributed by atoms with E-state index in [9.17, 15) is 4.79 Å². The molecular formula is C18H31ClN2O3. The molecule has 1 atom stereocenters. The zero-order chi connectivity index (χ0) is 17.5. The Labute approximate surface area is 151 Å². The highest BCUT2D eigenvalue weighted by Gasteiger charge is 2.24. The summed E-state index contributed by atoms with van der Waals surface area (Å²) in [6.07, 6.45) is 0.00375. The first-order valence-electron chi connectivity index (χ1n) is 8.05. The molecule has 0 aliphatic rings. The first-order chi connectivity index (χ1) is 10.8. The molecule has 0 saturated carbocycles. The molecule has 0 aliphatic carbocycles. The van der Waals surface area contributed by atoms with Gasteiger partial charge >= 0.3 is 0 Å². The molecule has 3 N–H and O–H groups in total. The number of amides is 1. The minimum Gasteiger partial charge on any atom is -0.493 e. The van der Waals surface area contributed by atoms with E-state index >= 15 is 0 Å². The molecule has 0 radical (unpaired) electrons. The second-order valence-electron chi connectivity index (χ2n) is 6.70. The number of nitrogens with two attached hydrogens (primary N) is 1. The number of methoxy groups -OCH3 is 1. The highest BCUT2D eigenvalue weighted by atomic mass is 35.5. The summed E-state index contributed by atoms with van der Waals surface area (Å²) in [6.45, 7) is 9.19. The number of halogens is 1. The molecule has 0 aliphatic heterocycles. The Morgan fingerprint density at radius 1 is 1.25 bits per heavy atom. The third-order valence-corrected chi connectivity index (χ3v) is 3.62. The Morgan fingerprint density at radius 3 is 2.29 bits per heavy atom. The van der Waals surface area contributed by atoms with Gasteiger partial charge in [-0.1, -0.05) is 26.0 Å². The summed E-state index contributed by atoms with van der Waals surface area (Å²) < 4.78 is 10.8. The van der Waals surface area contributed by atoms with E-state index < -0.39 is 5.54 Å². The fraction of sp³-hybridized carbons (Fsp3) is 0.611. The van der Waals surface area contributed by atoms with Gasteiger partial charge in [0, 0.05) is 13.7 Å². The predicted octanol–water partition coefficient (Wildman–Crippen LogP) is 2.86. The molecule has 138 valence electrons. The van der Waals surface area contributed by atoms with Gasteiger partial charge in [0.25, 0.3) is 0 Å². The van der Waals surface area contributed by atoms with Crippen LogP contribution in [0, 0.1) is 5.92 Å². The van der Waals surface area contributed by atoms with E-state index in [0.717, 1.165) is 11.3 Å². The maximum atomic E-state index is 12.1. The topological polar surface area (TPSA) is 73.6 Å². The number of hydrogen-bond acceptors (Lipinski definition) is 4. The van der Waals surface area contributed by atoms with Crippen molar-refractivity contribution in [1.82, 2.24) is 5.32 Å². The Kier molecular flexibility index (Phi) is 9.97. The maximum Gasteiger partial charge on any atom is 0.223 e. The molecule has 0 spiro atoms. The van der Waals surface area contributed by atoms with Crippen molar-refractivity contribution in [3.8, 4) is 5.75 Å². The Hall–Kier alpha value is -1.30. The number of benzene rings is 1. The van der Waals surface area contributed by atoms with Crippen molar-refractivity contribution >= 4 is 18.3 Å². The normalized spacial score (nSPS) is 12.5. The number of hydrogen-bond donors (Lipinski definition) is 2. The smallest absolute Gasteiger partial charge is 0.223 e. The lowest BCUT2D eigenvalue weighted by Crippen LogP contribution is -2.43. The molecule has 0 bridgehead atoms. The number of ether oxygens (including phenoxy) is 2. The van der Waals surface area contributed by atoms with Gasteiger partial charge in [-0.3, -0.25) is 4.79 Å². The van der Waals surface area contributed by atoms with E-state index in [1.54, 1.807) is 7.11 Å². The summed E-state index contributed by atoms with van der Waals surface area (Å²) in [6, 6.07) is 7.83. The number of carbonyl (C=O) groups is 1. The van der Waals surface area contributed by atoms with E-state index in [4.69, 9.17) is 15.2 Å². The van der Waals surface area contributed by atoms with Gasteiger partial charge in [-0.15, -0.1) is 12.4 Å². The molecule has 24 heavy (non-hydrogen) atoms. The minimum atomic E-state index is -0.472. The molecule has 6 heteroatoms. The molecule has 0 aromatic heterocycles. The summed E-state index contributed by atoms with van der Waals surface area (Å²) in [5, 5.41) is 3.03. The average Bonchev–Trinajstić information content (AvgIpc) is 2.50. The molecule has 5 nitrogen and oxygen atoms in total. The first kappa shape index (κ1) is 22.7. The van der Waals surface area contributed by atoms with Crippen LogP contribution < -0.4 is 15.8 Å². The Morgan fingerprint density at radius 2 is 1.83 bits per heavy atom. The largest absolute Gasteiger partial charge is 0.493 e. The van der Waals surface area contributed by atoms with Crippen LogP contribution in [0.4, 0.5) is 0 Å². The zero-order valence-corrected chi connectivity index (χ0v) is 16.1. The Balaban J connectivity index is 0.00000529.